The van der Waals surface area contributed by atoms with Gasteiger partial charge in [0.05, 0.1) is 26.0 Å². The Morgan fingerprint density at radius 2 is 1.93 bits per heavy atom. The minimum Gasteiger partial charge on any atom is -0.464 e. The van der Waals surface area contributed by atoms with Crippen LogP contribution in [0.1, 0.15) is 34.7 Å². The Morgan fingerprint density at radius 3 is 2.70 bits per heavy atom. The van der Waals surface area contributed by atoms with Gasteiger partial charge in [-0.25, -0.2) is 9.40 Å². The van der Waals surface area contributed by atoms with E-state index in [4.69, 9.17) is 9.84 Å². The smallest absolute Gasteiger partial charge is 0.216 e. The fourth-order valence-corrected chi connectivity index (χ4v) is 5.32. The number of ether oxygens (including phenoxy) is 1. The molecule has 2 atom stereocenters. The number of nitrogens with zero attached hydrogens (tertiary/aromatic N) is 2. The van der Waals surface area contributed by atoms with Crippen LogP contribution in [0.15, 0.2) is 68.0 Å². The predicted molar refractivity (Wildman–Crippen MR) is 112 cm³/mol. The summed E-state index contributed by atoms with van der Waals surface area (Å²) in [7, 11) is 0. The molecule has 0 bridgehead atoms. The van der Waals surface area contributed by atoms with E-state index in [1.807, 2.05) is 29.3 Å². The second-order valence-electron chi connectivity index (χ2n) is 6.42. The molecule has 0 unspecified atom stereocenters. The number of fused-ring (bicyclic) bond motifs is 3. The second-order valence-corrected chi connectivity index (χ2v) is 9.80. The van der Waals surface area contributed by atoms with Crippen LogP contribution in [-0.4, -0.2) is 10.7 Å². The van der Waals surface area contributed by atoms with Crippen molar-refractivity contribution in [2.24, 2.45) is 5.10 Å². The fourth-order valence-electron chi connectivity index (χ4n) is 3.56. The zero-order chi connectivity index (χ0) is 18.5. The monoisotopic (exact) mass is 506 g/mol. The van der Waals surface area contributed by atoms with Crippen molar-refractivity contribution in [2.75, 3.05) is 0 Å². The summed E-state index contributed by atoms with van der Waals surface area (Å²) in [6.45, 7) is 0. The minimum absolute atomic E-state index is 0.00623. The fraction of sp³-hybridized carbons (Fsp3) is 0.150. The lowest BCUT2D eigenvalue weighted by Crippen LogP contribution is -2.34. The standard InChI is InChI=1S/C20H13Br2FN2OS/c21-11-5-6-17-13(9-11)16-10-15(18-7-8-19(22)27-18)24-25(16)20(26-17)12-3-1-2-4-14(12)23/h1-9,16,20H,10H2/t16-,20+/m1/s1. The maximum Gasteiger partial charge on any atom is 0.216 e. The predicted octanol–water partition coefficient (Wildman–Crippen LogP) is 6.65. The molecule has 3 nitrogen and oxygen atoms in total. The van der Waals surface area contributed by atoms with E-state index in [2.05, 4.69) is 44.0 Å². The third-order valence-corrected chi connectivity index (χ3v) is 6.95. The number of rotatable bonds is 2. The SMILES string of the molecule is Fc1ccccc1[C@@H]1Oc2ccc(Br)cc2[C@H]2CC(c3ccc(Br)s3)=NN21. The molecule has 7 heteroatoms. The zero-order valence-electron chi connectivity index (χ0n) is 13.9. The average molecular weight is 508 g/mol. The maximum atomic E-state index is 14.5. The highest BCUT2D eigenvalue weighted by Crippen LogP contribution is 2.48. The molecule has 3 heterocycles. The Balaban J connectivity index is 1.63. The van der Waals surface area contributed by atoms with E-state index in [1.165, 1.54) is 6.07 Å². The van der Waals surface area contributed by atoms with Crippen LogP contribution in [0.3, 0.4) is 0 Å². The lowest BCUT2D eigenvalue weighted by atomic mass is 9.97. The molecule has 3 aromatic rings. The van der Waals surface area contributed by atoms with Gasteiger partial charge < -0.3 is 4.74 Å². The Hall–Kier alpha value is -1.70. The van der Waals surface area contributed by atoms with Gasteiger partial charge in [-0.05, 0) is 52.3 Å². The van der Waals surface area contributed by atoms with Gasteiger partial charge >= 0.3 is 0 Å². The van der Waals surface area contributed by atoms with E-state index in [0.29, 0.717) is 5.56 Å². The van der Waals surface area contributed by atoms with Crippen molar-refractivity contribution in [1.29, 1.82) is 0 Å². The number of hydrogen-bond donors (Lipinski definition) is 0. The summed E-state index contributed by atoms with van der Waals surface area (Å²) in [4.78, 5) is 1.11. The first-order valence-corrected chi connectivity index (χ1v) is 10.8. The first-order chi connectivity index (χ1) is 13.1. The molecule has 0 radical (unpaired) electrons. The van der Waals surface area contributed by atoms with E-state index in [1.54, 1.807) is 23.5 Å². The lowest BCUT2D eigenvalue weighted by molar-refractivity contribution is -0.0212. The Labute approximate surface area is 176 Å². The quantitative estimate of drug-likeness (QED) is 0.387. The Bertz CT molecular complexity index is 1070. The van der Waals surface area contributed by atoms with Crippen molar-refractivity contribution in [2.45, 2.75) is 18.7 Å². The molecule has 0 amide bonds. The molecule has 5 rings (SSSR count). The highest BCUT2D eigenvalue weighted by molar-refractivity contribution is 9.11. The van der Waals surface area contributed by atoms with Crippen molar-refractivity contribution in [1.82, 2.24) is 5.01 Å². The first-order valence-electron chi connectivity index (χ1n) is 8.42. The van der Waals surface area contributed by atoms with Crippen LogP contribution in [0.2, 0.25) is 0 Å². The molecule has 27 heavy (non-hydrogen) atoms. The van der Waals surface area contributed by atoms with Crippen LogP contribution < -0.4 is 4.74 Å². The van der Waals surface area contributed by atoms with E-state index in [-0.39, 0.29) is 11.9 Å². The summed E-state index contributed by atoms with van der Waals surface area (Å²) >= 11 is 8.72. The van der Waals surface area contributed by atoms with Crippen molar-refractivity contribution >= 4 is 48.9 Å². The van der Waals surface area contributed by atoms with Crippen LogP contribution in [-0.2, 0) is 0 Å². The molecule has 0 N–H and O–H groups in total. The van der Waals surface area contributed by atoms with Gasteiger partial charge in [-0.15, -0.1) is 11.3 Å². The van der Waals surface area contributed by atoms with Gasteiger partial charge in [-0.2, -0.15) is 5.10 Å². The molecule has 2 aliphatic heterocycles. The normalized spacial score (nSPS) is 20.7. The van der Waals surface area contributed by atoms with Gasteiger partial charge in [0.1, 0.15) is 11.6 Å². The van der Waals surface area contributed by atoms with Crippen molar-refractivity contribution in [3.63, 3.8) is 0 Å². The maximum absolute atomic E-state index is 14.5. The lowest BCUT2D eigenvalue weighted by Gasteiger charge is -2.38. The summed E-state index contributed by atoms with van der Waals surface area (Å²) in [5, 5.41) is 6.75. The number of hydrazone groups is 1. The molecular formula is C20H13Br2FN2OS. The van der Waals surface area contributed by atoms with E-state index in [0.717, 1.165) is 36.6 Å². The van der Waals surface area contributed by atoms with Gasteiger partial charge in [-0.1, -0.05) is 34.1 Å². The van der Waals surface area contributed by atoms with Gasteiger partial charge in [-0.3, -0.25) is 0 Å². The first kappa shape index (κ1) is 17.4. The van der Waals surface area contributed by atoms with Crippen LogP contribution >= 0.6 is 43.2 Å². The van der Waals surface area contributed by atoms with E-state index in [9.17, 15) is 4.39 Å². The van der Waals surface area contributed by atoms with Crippen LogP contribution in [0.5, 0.6) is 5.75 Å². The van der Waals surface area contributed by atoms with Crippen molar-refractivity contribution in [3.05, 3.63) is 84.7 Å². The summed E-state index contributed by atoms with van der Waals surface area (Å²) in [6.07, 6.45) is 0.163. The summed E-state index contributed by atoms with van der Waals surface area (Å²) in [6, 6.07) is 16.8. The molecule has 136 valence electrons. The molecule has 0 fully saturated rings. The highest BCUT2D eigenvalue weighted by Gasteiger charge is 2.42. The number of thiophene rings is 1. The highest BCUT2D eigenvalue weighted by atomic mass is 79.9. The Morgan fingerprint density at radius 1 is 1.07 bits per heavy atom. The van der Waals surface area contributed by atoms with E-state index >= 15 is 0 Å². The van der Waals surface area contributed by atoms with Crippen LogP contribution in [0, 0.1) is 5.82 Å². The average Bonchev–Trinajstić information content (AvgIpc) is 3.28. The molecule has 1 aromatic heterocycles. The van der Waals surface area contributed by atoms with Gasteiger partial charge in [0.2, 0.25) is 6.23 Å². The zero-order valence-corrected chi connectivity index (χ0v) is 17.9. The van der Waals surface area contributed by atoms with Crippen molar-refractivity contribution < 1.29 is 9.13 Å². The molecular weight excluding hydrogens is 495 g/mol. The molecule has 2 aromatic carbocycles. The third kappa shape index (κ3) is 3.02. The second kappa shape index (κ2) is 6.72. The third-order valence-electron chi connectivity index (χ3n) is 4.78. The topological polar surface area (TPSA) is 24.8 Å². The molecule has 0 aliphatic carbocycles. The summed E-state index contributed by atoms with van der Waals surface area (Å²) in [5.74, 6) is 0.487. The molecule has 0 saturated heterocycles. The van der Waals surface area contributed by atoms with E-state index < -0.39 is 6.23 Å². The van der Waals surface area contributed by atoms with Gasteiger partial charge in [0.15, 0.2) is 0 Å². The molecule has 0 spiro atoms. The largest absolute Gasteiger partial charge is 0.464 e. The van der Waals surface area contributed by atoms with Crippen LogP contribution in [0.4, 0.5) is 4.39 Å². The van der Waals surface area contributed by atoms with Gasteiger partial charge in [0.25, 0.3) is 0 Å². The molecule has 2 aliphatic rings. The van der Waals surface area contributed by atoms with Crippen molar-refractivity contribution in [3.8, 4) is 5.75 Å². The van der Waals surface area contributed by atoms with Gasteiger partial charge in [0, 0.05) is 16.5 Å². The summed E-state index contributed by atoms with van der Waals surface area (Å²) < 4.78 is 22.8. The Kier molecular flexibility index (Phi) is 4.33. The molecule has 0 saturated carbocycles. The summed E-state index contributed by atoms with van der Waals surface area (Å²) in [5.41, 5.74) is 2.55. The minimum atomic E-state index is -0.592. The number of hydrogen-bond acceptors (Lipinski definition) is 4. The number of halogens is 3. The number of benzene rings is 2. The van der Waals surface area contributed by atoms with Crippen LogP contribution in [0.25, 0.3) is 0 Å².